The number of aliphatic carboxylic acids is 1. The van der Waals surface area contributed by atoms with Gasteiger partial charge in [-0.25, -0.2) is 0 Å². The van der Waals surface area contributed by atoms with E-state index in [-0.39, 0.29) is 12.3 Å². The van der Waals surface area contributed by atoms with Gasteiger partial charge in [0, 0.05) is 0 Å². The van der Waals surface area contributed by atoms with Crippen molar-refractivity contribution in [3.63, 3.8) is 0 Å². The largest absolute Gasteiger partial charge is 0.480 e. The topological polar surface area (TPSA) is 198 Å². The van der Waals surface area contributed by atoms with Crippen molar-refractivity contribution in [2.45, 2.75) is 94.6 Å². The molecule has 0 spiro atoms. The highest BCUT2D eigenvalue weighted by molar-refractivity contribution is 5.73. The third kappa shape index (κ3) is 5.65. The number of carboxylic acids is 1. The van der Waals surface area contributed by atoms with Crippen LogP contribution < -0.4 is 5.32 Å². The smallest absolute Gasteiger partial charge is 0.320 e. The van der Waals surface area contributed by atoms with Gasteiger partial charge in [0.25, 0.3) is 0 Å². The Kier molecular flexibility index (Phi) is 8.94. The van der Waals surface area contributed by atoms with Crippen molar-refractivity contribution in [1.29, 1.82) is 0 Å². The summed E-state index contributed by atoms with van der Waals surface area (Å²) in [6.45, 7) is 4.55. The maximum absolute atomic E-state index is 11.5. The second kappa shape index (κ2) is 10.6. The molecular formula is C18H33NO11. The van der Waals surface area contributed by atoms with Crippen LogP contribution in [0, 0.1) is 5.92 Å². The Labute approximate surface area is 174 Å². The summed E-state index contributed by atoms with van der Waals surface area (Å²) < 4.78 is 16.4. The number of ether oxygens (including phenoxy) is 3. The number of aliphatic hydroxyl groups is 6. The van der Waals surface area contributed by atoms with Crippen LogP contribution in [0.25, 0.3) is 0 Å². The standard InChI is InChI=1S/C18H33NO11/c1-6(2)4-8(17(26)27)19-16-13(24)12(23)15(7(3)28-16)30-18-14(25)11(22)10(21)9(5-20)29-18/h6-16,18-25H,4-5H2,1-3H3,(H,26,27)/t7?,8?,9-,10+,11+,12+,13+,14-,15-,16+,18+/m1/s1. The van der Waals surface area contributed by atoms with E-state index in [1.165, 1.54) is 6.92 Å². The molecule has 2 aliphatic heterocycles. The van der Waals surface area contributed by atoms with Crippen LogP contribution in [-0.4, -0.2) is 116 Å². The Morgan fingerprint density at radius 1 is 1.00 bits per heavy atom. The molecule has 2 heterocycles. The van der Waals surface area contributed by atoms with Gasteiger partial charge in [-0.2, -0.15) is 0 Å². The van der Waals surface area contributed by atoms with Crippen LogP contribution in [0.2, 0.25) is 0 Å². The van der Waals surface area contributed by atoms with Gasteiger partial charge in [-0.1, -0.05) is 13.8 Å². The molecule has 2 fully saturated rings. The molecule has 0 aliphatic carbocycles. The third-order valence-corrected chi connectivity index (χ3v) is 5.33. The molecule has 0 aromatic rings. The number of nitrogens with one attached hydrogen (secondary N) is 1. The molecule has 11 atom stereocenters. The van der Waals surface area contributed by atoms with E-state index >= 15 is 0 Å². The number of carboxylic acid groups (broad SMARTS) is 1. The molecule has 0 bridgehead atoms. The van der Waals surface area contributed by atoms with Gasteiger partial charge in [0.15, 0.2) is 6.29 Å². The van der Waals surface area contributed by atoms with Crippen LogP contribution in [0.15, 0.2) is 0 Å². The van der Waals surface area contributed by atoms with Crippen LogP contribution in [0.3, 0.4) is 0 Å². The van der Waals surface area contributed by atoms with Crippen molar-refractivity contribution in [2.24, 2.45) is 5.92 Å². The molecule has 2 aliphatic rings. The van der Waals surface area contributed by atoms with Crippen molar-refractivity contribution in [1.82, 2.24) is 5.32 Å². The molecular weight excluding hydrogens is 406 g/mol. The number of aliphatic hydroxyl groups excluding tert-OH is 6. The summed E-state index contributed by atoms with van der Waals surface area (Å²) >= 11 is 0. The molecule has 12 nitrogen and oxygen atoms in total. The van der Waals surface area contributed by atoms with Crippen molar-refractivity contribution >= 4 is 5.97 Å². The van der Waals surface area contributed by atoms with Gasteiger partial charge in [-0.3, -0.25) is 10.1 Å². The van der Waals surface area contributed by atoms with Crippen LogP contribution in [0.4, 0.5) is 0 Å². The van der Waals surface area contributed by atoms with Crippen LogP contribution in [-0.2, 0) is 19.0 Å². The fourth-order valence-electron chi connectivity index (χ4n) is 3.61. The number of carbonyl (C=O) groups is 1. The second-order valence-corrected chi connectivity index (χ2v) is 8.23. The van der Waals surface area contributed by atoms with Crippen molar-refractivity contribution in [2.75, 3.05) is 6.61 Å². The summed E-state index contributed by atoms with van der Waals surface area (Å²) in [4.78, 5) is 11.5. The van der Waals surface area contributed by atoms with E-state index in [0.29, 0.717) is 0 Å². The lowest BCUT2D eigenvalue weighted by molar-refractivity contribution is -0.340. The molecule has 12 heteroatoms. The molecule has 2 saturated heterocycles. The predicted molar refractivity (Wildman–Crippen MR) is 99.0 cm³/mol. The summed E-state index contributed by atoms with van der Waals surface area (Å²) in [6.07, 6.45) is -13.7. The normalized spacial score (nSPS) is 43.5. The Bertz CT molecular complexity index is 562. The number of hydrogen-bond acceptors (Lipinski definition) is 11. The summed E-state index contributed by atoms with van der Waals surface area (Å²) in [5.74, 6) is -1.06. The summed E-state index contributed by atoms with van der Waals surface area (Å²) in [5.41, 5.74) is 0. The van der Waals surface area contributed by atoms with E-state index in [0.717, 1.165) is 0 Å². The Hall–Kier alpha value is -0.930. The zero-order valence-corrected chi connectivity index (χ0v) is 17.1. The van der Waals surface area contributed by atoms with Crippen molar-refractivity contribution in [3.05, 3.63) is 0 Å². The van der Waals surface area contributed by atoms with E-state index in [1.54, 1.807) is 0 Å². The summed E-state index contributed by atoms with van der Waals surface area (Å²) in [7, 11) is 0. The molecule has 176 valence electrons. The highest BCUT2D eigenvalue weighted by Crippen LogP contribution is 2.28. The lowest BCUT2D eigenvalue weighted by Gasteiger charge is -2.46. The molecule has 2 rings (SSSR count). The maximum Gasteiger partial charge on any atom is 0.320 e. The first kappa shape index (κ1) is 25.3. The minimum atomic E-state index is -1.68. The Morgan fingerprint density at radius 2 is 1.63 bits per heavy atom. The lowest BCUT2D eigenvalue weighted by Crippen LogP contribution is -2.66. The highest BCUT2D eigenvalue weighted by Gasteiger charge is 2.49. The highest BCUT2D eigenvalue weighted by atomic mass is 16.7. The van der Waals surface area contributed by atoms with Crippen molar-refractivity contribution in [3.8, 4) is 0 Å². The summed E-state index contributed by atoms with van der Waals surface area (Å²) in [6, 6.07) is -1.01. The van der Waals surface area contributed by atoms with Gasteiger partial charge in [-0.05, 0) is 19.3 Å². The van der Waals surface area contributed by atoms with Crippen molar-refractivity contribution < 1.29 is 54.8 Å². The fraction of sp³-hybridized carbons (Fsp3) is 0.944. The zero-order valence-electron chi connectivity index (χ0n) is 17.1. The average Bonchev–Trinajstić information content (AvgIpc) is 2.67. The zero-order chi connectivity index (χ0) is 22.7. The van der Waals surface area contributed by atoms with Gasteiger partial charge in [0.2, 0.25) is 0 Å². The Morgan fingerprint density at radius 3 is 2.17 bits per heavy atom. The quantitative estimate of drug-likeness (QED) is 0.188. The maximum atomic E-state index is 11.5. The molecule has 0 aromatic carbocycles. The van der Waals surface area contributed by atoms with Gasteiger partial charge in [-0.15, -0.1) is 0 Å². The fourth-order valence-corrected chi connectivity index (χ4v) is 3.61. The molecule has 30 heavy (non-hydrogen) atoms. The SMILES string of the molecule is CC(C)CC(N[C@H]1OC(C)[C@@H](O[C@@H]2O[C@H](CO)[C@H](O)[C@H](O)[C@H]2O)[C@@H](O)[C@@H]1O)C(=O)O. The minimum absolute atomic E-state index is 0.0592. The molecule has 0 aromatic heterocycles. The van der Waals surface area contributed by atoms with E-state index in [9.17, 15) is 40.5 Å². The van der Waals surface area contributed by atoms with E-state index in [1.807, 2.05) is 13.8 Å². The van der Waals surface area contributed by atoms with Gasteiger partial charge >= 0.3 is 5.97 Å². The molecule has 0 saturated carbocycles. The minimum Gasteiger partial charge on any atom is -0.480 e. The first-order chi connectivity index (χ1) is 14.0. The Balaban J connectivity index is 2.06. The van der Waals surface area contributed by atoms with E-state index in [2.05, 4.69) is 5.32 Å². The predicted octanol–water partition coefficient (Wildman–Crippen LogP) is -3.27. The van der Waals surface area contributed by atoms with Gasteiger partial charge in [0.05, 0.1) is 12.7 Å². The van der Waals surface area contributed by atoms with E-state index in [4.69, 9.17) is 14.2 Å². The average molecular weight is 439 g/mol. The lowest BCUT2D eigenvalue weighted by atomic mass is 9.96. The molecule has 8 N–H and O–H groups in total. The molecule has 2 unspecified atom stereocenters. The molecule has 0 radical (unpaired) electrons. The monoisotopic (exact) mass is 439 g/mol. The van der Waals surface area contributed by atoms with Crippen LogP contribution in [0.5, 0.6) is 0 Å². The van der Waals surface area contributed by atoms with Crippen LogP contribution >= 0.6 is 0 Å². The van der Waals surface area contributed by atoms with Crippen LogP contribution in [0.1, 0.15) is 27.2 Å². The third-order valence-electron chi connectivity index (χ3n) is 5.33. The first-order valence-corrected chi connectivity index (χ1v) is 9.94. The summed E-state index contributed by atoms with van der Waals surface area (Å²) in [5, 5.41) is 72.1. The second-order valence-electron chi connectivity index (χ2n) is 8.23. The number of hydrogen-bond donors (Lipinski definition) is 8. The number of rotatable bonds is 8. The van der Waals surface area contributed by atoms with Gasteiger partial charge in [0.1, 0.15) is 55.0 Å². The van der Waals surface area contributed by atoms with E-state index < -0.39 is 80.0 Å². The first-order valence-electron chi connectivity index (χ1n) is 9.94. The molecule has 0 amide bonds. The van der Waals surface area contributed by atoms with Gasteiger partial charge < -0.3 is 50.0 Å².